The normalized spacial score (nSPS) is 18.4. The average Bonchev–Trinajstić information content (AvgIpc) is 2.37. The predicted octanol–water partition coefficient (Wildman–Crippen LogP) is 5.16. The van der Waals surface area contributed by atoms with E-state index in [9.17, 15) is 13.2 Å². The van der Waals surface area contributed by atoms with Gasteiger partial charge in [0.15, 0.2) is 0 Å². The van der Waals surface area contributed by atoms with Crippen LogP contribution < -0.4 is 5.43 Å². The van der Waals surface area contributed by atoms with E-state index in [0.29, 0.717) is 5.41 Å². The summed E-state index contributed by atoms with van der Waals surface area (Å²) in [6.45, 7) is 4.52. The summed E-state index contributed by atoms with van der Waals surface area (Å²) >= 11 is 0. The minimum Gasteiger partial charge on any atom is -0.279 e. The summed E-state index contributed by atoms with van der Waals surface area (Å²) in [6.07, 6.45) is -0.852. The Labute approximate surface area is 123 Å². The Morgan fingerprint density at radius 3 is 2.19 bits per heavy atom. The molecule has 1 fully saturated rings. The Balaban J connectivity index is 1.89. The van der Waals surface area contributed by atoms with Gasteiger partial charge < -0.3 is 0 Å². The van der Waals surface area contributed by atoms with Crippen LogP contribution in [0.2, 0.25) is 0 Å². The highest BCUT2D eigenvalue weighted by molar-refractivity contribution is 5.85. The van der Waals surface area contributed by atoms with Crippen LogP contribution in [0.3, 0.4) is 0 Å². The number of benzene rings is 1. The molecule has 0 heterocycles. The van der Waals surface area contributed by atoms with E-state index < -0.39 is 12.6 Å². The molecule has 0 spiro atoms. The van der Waals surface area contributed by atoms with Crippen LogP contribution in [-0.4, -0.2) is 11.9 Å². The molecule has 1 aliphatic carbocycles. The van der Waals surface area contributed by atoms with Gasteiger partial charge in [0.2, 0.25) is 0 Å². The molecule has 0 saturated heterocycles. The minimum atomic E-state index is -4.16. The third-order valence-electron chi connectivity index (χ3n) is 3.88. The largest absolute Gasteiger partial charge is 0.393 e. The number of nitrogens with zero attached hydrogens (tertiary/aromatic N) is 1. The molecule has 1 aromatic rings. The van der Waals surface area contributed by atoms with Gasteiger partial charge in [0.05, 0.1) is 12.1 Å². The van der Waals surface area contributed by atoms with E-state index >= 15 is 0 Å². The SMILES string of the molecule is CC1(C)CCC(=NNc2ccc(CC(F)(F)F)cc2)CC1. The third-order valence-corrected chi connectivity index (χ3v) is 3.88. The Morgan fingerprint density at radius 1 is 1.10 bits per heavy atom. The fourth-order valence-electron chi connectivity index (χ4n) is 2.40. The Kier molecular flexibility index (Phi) is 4.59. The molecule has 0 bridgehead atoms. The van der Waals surface area contributed by atoms with Gasteiger partial charge in [-0.25, -0.2) is 0 Å². The summed E-state index contributed by atoms with van der Waals surface area (Å²) in [5.41, 5.74) is 5.44. The van der Waals surface area contributed by atoms with Crippen molar-refractivity contribution in [2.24, 2.45) is 10.5 Å². The van der Waals surface area contributed by atoms with E-state index in [1.165, 1.54) is 12.1 Å². The Hall–Kier alpha value is -1.52. The van der Waals surface area contributed by atoms with Crippen LogP contribution in [0.15, 0.2) is 29.4 Å². The fourth-order valence-corrected chi connectivity index (χ4v) is 2.40. The Bertz CT molecular complexity index is 489. The highest BCUT2D eigenvalue weighted by Crippen LogP contribution is 2.33. The van der Waals surface area contributed by atoms with Gasteiger partial charge in [-0.05, 0) is 48.8 Å². The molecule has 2 nitrogen and oxygen atoms in total. The summed E-state index contributed by atoms with van der Waals surface area (Å²) in [5, 5.41) is 4.37. The zero-order valence-corrected chi connectivity index (χ0v) is 12.4. The van der Waals surface area contributed by atoms with Gasteiger partial charge in [-0.3, -0.25) is 5.43 Å². The van der Waals surface area contributed by atoms with Gasteiger partial charge in [-0.1, -0.05) is 26.0 Å². The number of halogens is 3. The molecule has 21 heavy (non-hydrogen) atoms. The van der Waals surface area contributed by atoms with Crippen molar-refractivity contribution in [1.29, 1.82) is 0 Å². The lowest BCUT2D eigenvalue weighted by Crippen LogP contribution is -2.21. The second-order valence-electron chi connectivity index (χ2n) is 6.44. The number of rotatable bonds is 3. The van der Waals surface area contributed by atoms with Crippen molar-refractivity contribution in [3.63, 3.8) is 0 Å². The molecular formula is C16H21F3N2. The lowest BCUT2D eigenvalue weighted by Gasteiger charge is -2.29. The highest BCUT2D eigenvalue weighted by atomic mass is 19.4. The topological polar surface area (TPSA) is 24.4 Å². The Morgan fingerprint density at radius 2 is 1.67 bits per heavy atom. The van der Waals surface area contributed by atoms with Gasteiger partial charge in [0.1, 0.15) is 0 Å². The molecule has 0 amide bonds. The van der Waals surface area contributed by atoms with Crippen LogP contribution in [0.4, 0.5) is 18.9 Å². The predicted molar refractivity (Wildman–Crippen MR) is 79.5 cm³/mol. The number of alkyl halides is 3. The van der Waals surface area contributed by atoms with Crippen molar-refractivity contribution in [3.8, 4) is 0 Å². The van der Waals surface area contributed by atoms with Crippen molar-refractivity contribution in [2.45, 2.75) is 52.1 Å². The monoisotopic (exact) mass is 298 g/mol. The van der Waals surface area contributed by atoms with E-state index in [1.807, 2.05) is 0 Å². The van der Waals surface area contributed by atoms with Crippen molar-refractivity contribution in [3.05, 3.63) is 29.8 Å². The molecule has 0 radical (unpaired) electrons. The molecule has 0 aliphatic heterocycles. The van der Waals surface area contributed by atoms with Gasteiger partial charge in [0, 0.05) is 5.71 Å². The number of hydrogen-bond acceptors (Lipinski definition) is 2. The maximum Gasteiger partial charge on any atom is 0.393 e. The van der Waals surface area contributed by atoms with Crippen LogP contribution in [0.25, 0.3) is 0 Å². The summed E-state index contributed by atoms with van der Waals surface area (Å²) in [7, 11) is 0. The van der Waals surface area contributed by atoms with Gasteiger partial charge in [-0.15, -0.1) is 0 Å². The molecule has 116 valence electrons. The molecular weight excluding hydrogens is 277 g/mol. The number of hydrogen-bond donors (Lipinski definition) is 1. The maximum atomic E-state index is 12.3. The van der Waals surface area contributed by atoms with E-state index in [1.54, 1.807) is 12.1 Å². The summed E-state index contributed by atoms with van der Waals surface area (Å²) < 4.78 is 36.8. The molecule has 0 unspecified atom stereocenters. The van der Waals surface area contributed by atoms with Crippen molar-refractivity contribution >= 4 is 11.4 Å². The molecule has 1 aliphatic rings. The highest BCUT2D eigenvalue weighted by Gasteiger charge is 2.27. The minimum absolute atomic E-state index is 0.264. The van der Waals surface area contributed by atoms with Crippen LogP contribution >= 0.6 is 0 Å². The van der Waals surface area contributed by atoms with E-state index in [2.05, 4.69) is 24.4 Å². The van der Waals surface area contributed by atoms with Gasteiger partial charge in [0.25, 0.3) is 0 Å². The molecule has 5 heteroatoms. The van der Waals surface area contributed by atoms with Crippen molar-refractivity contribution in [1.82, 2.24) is 0 Å². The molecule has 1 N–H and O–H groups in total. The van der Waals surface area contributed by atoms with E-state index in [-0.39, 0.29) is 5.56 Å². The second-order valence-corrected chi connectivity index (χ2v) is 6.44. The first-order valence-electron chi connectivity index (χ1n) is 7.21. The maximum absolute atomic E-state index is 12.3. The number of nitrogens with one attached hydrogen (secondary N) is 1. The smallest absolute Gasteiger partial charge is 0.279 e. The summed E-state index contributed by atoms with van der Waals surface area (Å²) in [6, 6.07) is 6.25. The first kappa shape index (κ1) is 15.9. The van der Waals surface area contributed by atoms with Crippen LogP contribution in [0, 0.1) is 5.41 Å². The quantitative estimate of drug-likeness (QED) is 0.766. The van der Waals surface area contributed by atoms with Gasteiger partial charge in [-0.2, -0.15) is 18.3 Å². The lowest BCUT2D eigenvalue weighted by molar-refractivity contribution is -0.127. The molecule has 2 rings (SSSR count). The molecule has 0 atom stereocenters. The molecule has 1 saturated carbocycles. The standard InChI is InChI=1S/C16H21F3N2/c1-15(2)9-7-14(8-10-15)21-20-13-5-3-12(4-6-13)11-16(17,18)19/h3-6,20H,7-11H2,1-2H3. The van der Waals surface area contributed by atoms with Crippen molar-refractivity contribution < 1.29 is 13.2 Å². The molecule has 1 aromatic carbocycles. The first-order chi connectivity index (χ1) is 9.73. The second kappa shape index (κ2) is 6.08. The lowest BCUT2D eigenvalue weighted by atomic mass is 9.77. The zero-order chi connectivity index (χ0) is 15.5. The number of anilines is 1. The van der Waals surface area contributed by atoms with Crippen molar-refractivity contribution in [2.75, 3.05) is 5.43 Å². The first-order valence-corrected chi connectivity index (χ1v) is 7.21. The van der Waals surface area contributed by atoms with Gasteiger partial charge >= 0.3 is 6.18 Å². The fraction of sp³-hybridized carbons (Fsp3) is 0.562. The van der Waals surface area contributed by atoms with E-state index in [4.69, 9.17) is 0 Å². The third kappa shape index (κ3) is 5.40. The number of hydrazone groups is 1. The van der Waals surface area contributed by atoms with Crippen LogP contribution in [0.1, 0.15) is 45.1 Å². The summed E-state index contributed by atoms with van der Waals surface area (Å²) in [5.74, 6) is 0. The van der Waals surface area contributed by atoms with E-state index in [0.717, 1.165) is 37.1 Å². The summed E-state index contributed by atoms with van der Waals surface area (Å²) in [4.78, 5) is 0. The van der Waals surface area contributed by atoms with Crippen LogP contribution in [0.5, 0.6) is 0 Å². The molecule has 0 aromatic heterocycles. The van der Waals surface area contributed by atoms with Crippen LogP contribution in [-0.2, 0) is 6.42 Å². The average molecular weight is 298 g/mol. The zero-order valence-electron chi connectivity index (χ0n) is 12.4.